The molecule has 1 saturated heterocycles. The minimum absolute atomic E-state index is 0.00276. The van der Waals surface area contributed by atoms with Crippen LogP contribution in [0.3, 0.4) is 0 Å². The molecule has 0 unspecified atom stereocenters. The van der Waals surface area contributed by atoms with Crippen LogP contribution in [0.1, 0.15) is 44.9 Å². The highest BCUT2D eigenvalue weighted by Gasteiger charge is 2.56. The number of carbonyl (C=O) groups is 3. The van der Waals surface area contributed by atoms with Crippen molar-refractivity contribution in [2.75, 3.05) is 18.4 Å². The number of hydrogen-bond donors (Lipinski definition) is 2. The molecule has 0 atom stereocenters. The maximum Gasteiger partial charge on any atom is 0.410 e. The first-order valence-corrected chi connectivity index (χ1v) is 9.96. The van der Waals surface area contributed by atoms with Gasteiger partial charge in [-0.05, 0) is 52.2 Å². The second-order valence-corrected chi connectivity index (χ2v) is 9.76. The highest BCUT2D eigenvalue weighted by molar-refractivity contribution is 7.16. The molecule has 1 aromatic heterocycles. The van der Waals surface area contributed by atoms with E-state index in [-0.39, 0.29) is 29.8 Å². The summed E-state index contributed by atoms with van der Waals surface area (Å²) in [5, 5.41) is 12.4. The number of nitrogens with zero attached hydrogens (tertiary/aromatic N) is 1. The third-order valence-electron chi connectivity index (χ3n) is 4.93. The summed E-state index contributed by atoms with van der Waals surface area (Å²) >= 11 is 1.42. The molecule has 1 aliphatic heterocycles. The maximum absolute atomic E-state index is 12.4. The lowest BCUT2D eigenvalue weighted by atomic mass is 9.57. The third kappa shape index (κ3) is 4.80. The van der Waals surface area contributed by atoms with Gasteiger partial charge in [-0.1, -0.05) is 0 Å². The lowest BCUT2D eigenvalue weighted by Crippen LogP contribution is -2.65. The molecular formula is C19H26N2O5S. The van der Waals surface area contributed by atoms with Gasteiger partial charge in [0.1, 0.15) is 5.60 Å². The highest BCUT2D eigenvalue weighted by atomic mass is 32.1. The van der Waals surface area contributed by atoms with Gasteiger partial charge in [0, 0.05) is 29.3 Å². The van der Waals surface area contributed by atoms with Crippen LogP contribution in [0.2, 0.25) is 0 Å². The van der Waals surface area contributed by atoms with E-state index in [9.17, 15) is 14.4 Å². The van der Waals surface area contributed by atoms with E-state index in [4.69, 9.17) is 9.84 Å². The molecule has 2 fully saturated rings. The van der Waals surface area contributed by atoms with Gasteiger partial charge in [-0.3, -0.25) is 9.59 Å². The largest absolute Gasteiger partial charge is 0.481 e. The summed E-state index contributed by atoms with van der Waals surface area (Å²) in [6.07, 6.45) is 1.86. The van der Waals surface area contributed by atoms with Gasteiger partial charge < -0.3 is 20.1 Å². The van der Waals surface area contributed by atoms with Gasteiger partial charge >= 0.3 is 12.1 Å². The Morgan fingerprint density at radius 1 is 1.30 bits per heavy atom. The van der Waals surface area contributed by atoms with Crippen molar-refractivity contribution in [1.29, 1.82) is 0 Å². The SMILES string of the molecule is CC(C)(C)OC(=O)N1CC2(CC(C(=O)Nc3ccc(CCC(=O)O)s3)C2)C1. The fourth-order valence-corrected chi connectivity index (χ4v) is 4.59. The summed E-state index contributed by atoms with van der Waals surface area (Å²) in [6, 6.07) is 3.68. The minimum Gasteiger partial charge on any atom is -0.481 e. The zero-order valence-corrected chi connectivity index (χ0v) is 16.7. The molecule has 7 nitrogen and oxygen atoms in total. The molecule has 3 rings (SSSR count). The molecule has 0 radical (unpaired) electrons. The van der Waals surface area contributed by atoms with Crippen molar-refractivity contribution in [2.45, 2.75) is 52.1 Å². The monoisotopic (exact) mass is 394 g/mol. The van der Waals surface area contributed by atoms with Crippen molar-refractivity contribution in [3.63, 3.8) is 0 Å². The summed E-state index contributed by atoms with van der Waals surface area (Å²) in [4.78, 5) is 37.7. The first-order valence-electron chi connectivity index (χ1n) is 9.15. The van der Waals surface area contributed by atoms with E-state index in [2.05, 4.69) is 5.32 Å². The van der Waals surface area contributed by atoms with Crippen molar-refractivity contribution in [2.24, 2.45) is 11.3 Å². The van der Waals surface area contributed by atoms with Crippen molar-refractivity contribution < 1.29 is 24.2 Å². The molecule has 8 heteroatoms. The van der Waals surface area contributed by atoms with Crippen LogP contribution in [0.15, 0.2) is 12.1 Å². The average Bonchev–Trinajstić information content (AvgIpc) is 2.87. The van der Waals surface area contributed by atoms with E-state index in [1.807, 2.05) is 32.9 Å². The number of carbonyl (C=O) groups excluding carboxylic acids is 2. The third-order valence-corrected chi connectivity index (χ3v) is 5.99. The van der Waals surface area contributed by atoms with Gasteiger partial charge in [0.2, 0.25) is 5.91 Å². The Hall–Kier alpha value is -2.09. The number of aryl methyl sites for hydroxylation is 1. The van der Waals surface area contributed by atoms with Crippen LogP contribution in [0.25, 0.3) is 0 Å². The van der Waals surface area contributed by atoms with E-state index >= 15 is 0 Å². The van der Waals surface area contributed by atoms with E-state index in [0.717, 1.165) is 22.7 Å². The predicted molar refractivity (Wildman–Crippen MR) is 102 cm³/mol. The zero-order valence-electron chi connectivity index (χ0n) is 15.9. The summed E-state index contributed by atoms with van der Waals surface area (Å²) in [5.74, 6) is -0.854. The van der Waals surface area contributed by atoms with Crippen molar-refractivity contribution in [1.82, 2.24) is 4.90 Å². The molecule has 2 N–H and O–H groups in total. The minimum atomic E-state index is -0.824. The fraction of sp³-hybridized carbons (Fsp3) is 0.632. The zero-order chi connectivity index (χ0) is 19.8. The number of ether oxygens (including phenoxy) is 1. The number of aliphatic carboxylic acids is 1. The van der Waals surface area contributed by atoms with Crippen LogP contribution in [0, 0.1) is 11.3 Å². The number of anilines is 1. The number of likely N-dealkylation sites (tertiary alicyclic amines) is 1. The second-order valence-electron chi connectivity index (χ2n) is 8.59. The Morgan fingerprint density at radius 3 is 2.56 bits per heavy atom. The van der Waals surface area contributed by atoms with Crippen molar-refractivity contribution >= 4 is 34.3 Å². The fourth-order valence-electron chi connectivity index (χ4n) is 3.68. The van der Waals surface area contributed by atoms with Crippen LogP contribution in [0.4, 0.5) is 9.80 Å². The van der Waals surface area contributed by atoms with Crippen LogP contribution in [-0.2, 0) is 20.7 Å². The topological polar surface area (TPSA) is 95.9 Å². The number of nitrogens with one attached hydrogen (secondary N) is 1. The summed E-state index contributed by atoms with van der Waals surface area (Å²) < 4.78 is 5.37. The van der Waals surface area contributed by atoms with Gasteiger partial charge in [0.15, 0.2) is 0 Å². The summed E-state index contributed by atoms with van der Waals surface area (Å²) in [7, 11) is 0. The van der Waals surface area contributed by atoms with E-state index in [1.54, 1.807) is 4.90 Å². The quantitative estimate of drug-likeness (QED) is 0.798. The molecule has 0 aromatic carbocycles. The van der Waals surface area contributed by atoms with Crippen molar-refractivity contribution in [3.05, 3.63) is 17.0 Å². The normalized spacial score (nSPS) is 18.6. The molecule has 1 spiro atoms. The highest BCUT2D eigenvalue weighted by Crippen LogP contribution is 2.52. The van der Waals surface area contributed by atoms with E-state index in [0.29, 0.717) is 19.5 Å². The molecule has 2 amide bonds. The number of thiophene rings is 1. The van der Waals surface area contributed by atoms with E-state index in [1.165, 1.54) is 11.3 Å². The first-order chi connectivity index (χ1) is 12.6. The molecule has 1 aliphatic carbocycles. The lowest BCUT2D eigenvalue weighted by molar-refractivity contribution is -0.138. The van der Waals surface area contributed by atoms with Gasteiger partial charge in [-0.25, -0.2) is 4.79 Å². The molecule has 1 aromatic rings. The van der Waals surface area contributed by atoms with E-state index < -0.39 is 11.6 Å². The molecule has 2 heterocycles. The Balaban J connectivity index is 1.41. The smallest absolute Gasteiger partial charge is 0.410 e. The number of amides is 2. The van der Waals surface area contributed by atoms with Gasteiger partial charge in [0.05, 0.1) is 11.4 Å². The standard InChI is InChI=1S/C19H26N2O5S/c1-18(2,3)26-17(25)21-10-19(11-21)8-12(9-19)16(24)20-14-6-4-13(27-14)5-7-15(22)23/h4,6,12H,5,7-11H2,1-3H3,(H,20,24)(H,22,23). The molecule has 1 saturated carbocycles. The average molecular weight is 394 g/mol. The Morgan fingerprint density at radius 2 is 1.96 bits per heavy atom. The van der Waals surface area contributed by atoms with Crippen molar-refractivity contribution in [3.8, 4) is 0 Å². The number of hydrogen-bond acceptors (Lipinski definition) is 5. The van der Waals surface area contributed by atoms with Gasteiger partial charge in [-0.2, -0.15) is 0 Å². The number of carboxylic acids is 1. The number of carboxylic acid groups (broad SMARTS) is 1. The van der Waals surface area contributed by atoms with Crippen LogP contribution in [0.5, 0.6) is 0 Å². The Kier molecular flexibility index (Phi) is 5.20. The van der Waals surface area contributed by atoms with Gasteiger partial charge in [0.25, 0.3) is 0 Å². The summed E-state index contributed by atoms with van der Waals surface area (Å²) in [5.41, 5.74) is -0.424. The van der Waals surface area contributed by atoms with Gasteiger partial charge in [-0.15, -0.1) is 11.3 Å². The molecule has 0 bridgehead atoms. The molecule has 27 heavy (non-hydrogen) atoms. The summed E-state index contributed by atoms with van der Waals surface area (Å²) in [6.45, 7) is 6.86. The second kappa shape index (κ2) is 7.14. The molecular weight excluding hydrogens is 368 g/mol. The predicted octanol–water partition coefficient (Wildman–Crippen LogP) is 3.35. The number of rotatable bonds is 5. The molecule has 2 aliphatic rings. The maximum atomic E-state index is 12.4. The molecule has 148 valence electrons. The van der Waals surface area contributed by atoms with Crippen LogP contribution >= 0.6 is 11.3 Å². The Bertz CT molecular complexity index is 738. The van der Waals surface area contributed by atoms with Crippen LogP contribution in [-0.4, -0.2) is 46.7 Å². The first kappa shape index (κ1) is 19.7. The Labute approximate surface area is 162 Å². The lowest BCUT2D eigenvalue weighted by Gasteiger charge is -2.58. The van der Waals surface area contributed by atoms with Crippen LogP contribution < -0.4 is 5.32 Å².